The number of carbonyl (C=O) groups is 1. The van der Waals surface area contributed by atoms with Gasteiger partial charge in [0.25, 0.3) is 0 Å². The van der Waals surface area contributed by atoms with Crippen LogP contribution in [0.2, 0.25) is 0 Å². The quantitative estimate of drug-likeness (QED) is 0.674. The lowest BCUT2D eigenvalue weighted by Gasteiger charge is -2.36. The number of hydrogen-bond acceptors (Lipinski definition) is 5. The van der Waals surface area contributed by atoms with Gasteiger partial charge in [-0.2, -0.15) is 0 Å². The smallest absolute Gasteiger partial charge is 0.169 e. The van der Waals surface area contributed by atoms with Crippen molar-refractivity contribution in [2.75, 3.05) is 19.0 Å². The van der Waals surface area contributed by atoms with E-state index in [1.165, 1.54) is 17.8 Å². The van der Waals surface area contributed by atoms with Crippen LogP contribution in [0.5, 0.6) is 0 Å². The first-order valence-electron chi connectivity index (χ1n) is 9.01. The SMILES string of the molecule is O=C(CC1=N[C@@]2(c3cc(Br)ccc3F)CO[C@H](CO)[C@H]2CS1)c1ccccc1. The Morgan fingerprint density at radius 2 is 2.11 bits per heavy atom. The maximum Gasteiger partial charge on any atom is 0.169 e. The van der Waals surface area contributed by atoms with Gasteiger partial charge in [-0.15, -0.1) is 11.8 Å². The molecule has 4 rings (SSSR count). The predicted octanol–water partition coefficient (Wildman–Crippen LogP) is 4.21. The van der Waals surface area contributed by atoms with Crippen LogP contribution in [0.25, 0.3) is 0 Å². The number of benzene rings is 2. The normalized spacial score (nSPS) is 26.6. The Hall–Kier alpha value is -1.54. The fourth-order valence-corrected chi connectivity index (χ4v) is 5.55. The molecule has 0 aromatic heterocycles. The second kappa shape index (κ2) is 8.06. The molecule has 0 radical (unpaired) electrons. The number of aliphatic hydroxyl groups is 1. The number of aliphatic imine (C=N–C) groups is 1. The molecule has 146 valence electrons. The molecule has 0 saturated carbocycles. The molecule has 7 heteroatoms. The van der Waals surface area contributed by atoms with Crippen LogP contribution < -0.4 is 0 Å². The van der Waals surface area contributed by atoms with E-state index in [-0.39, 0.29) is 37.2 Å². The van der Waals surface area contributed by atoms with Crippen molar-refractivity contribution < 1.29 is 19.0 Å². The second-order valence-corrected chi connectivity index (χ2v) is 8.98. The molecule has 2 heterocycles. The molecule has 0 bridgehead atoms. The fourth-order valence-electron chi connectivity index (χ4n) is 3.87. The Bertz CT molecular complexity index is 923. The molecule has 2 aromatic carbocycles. The van der Waals surface area contributed by atoms with Gasteiger partial charge in [-0.3, -0.25) is 9.79 Å². The molecule has 0 amide bonds. The van der Waals surface area contributed by atoms with Crippen LogP contribution in [0.1, 0.15) is 22.3 Å². The van der Waals surface area contributed by atoms with Crippen molar-refractivity contribution in [3.05, 3.63) is 69.9 Å². The van der Waals surface area contributed by atoms with Crippen LogP contribution in [0.4, 0.5) is 4.39 Å². The third-order valence-corrected chi connectivity index (χ3v) is 6.90. The minimum absolute atomic E-state index is 0.0206. The summed E-state index contributed by atoms with van der Waals surface area (Å²) in [5.41, 5.74) is 0.137. The van der Waals surface area contributed by atoms with E-state index in [4.69, 9.17) is 9.73 Å². The van der Waals surface area contributed by atoms with E-state index in [0.717, 1.165) is 4.47 Å². The number of aliphatic hydroxyl groups excluding tert-OH is 1. The molecule has 2 aliphatic heterocycles. The standard InChI is InChI=1S/C21H19BrFNO3S/c22-14-6-7-17(23)15(8-14)21-12-27-19(10-25)16(21)11-28-20(24-21)9-18(26)13-4-2-1-3-5-13/h1-8,16,19,25H,9-12H2/t16-,19-,21-/m1/s1. The van der Waals surface area contributed by atoms with Crippen molar-refractivity contribution in [3.8, 4) is 0 Å². The summed E-state index contributed by atoms with van der Waals surface area (Å²) in [6.07, 6.45) is -0.233. The van der Waals surface area contributed by atoms with E-state index < -0.39 is 11.6 Å². The Balaban J connectivity index is 1.72. The van der Waals surface area contributed by atoms with Crippen LogP contribution in [-0.4, -0.2) is 41.0 Å². The maximum atomic E-state index is 14.8. The molecule has 1 fully saturated rings. The van der Waals surface area contributed by atoms with Crippen LogP contribution in [0, 0.1) is 11.7 Å². The number of carbonyl (C=O) groups excluding carboxylic acids is 1. The summed E-state index contributed by atoms with van der Waals surface area (Å²) < 4.78 is 21.3. The van der Waals surface area contributed by atoms with Gasteiger partial charge in [0.2, 0.25) is 0 Å². The largest absolute Gasteiger partial charge is 0.394 e. The molecular formula is C21H19BrFNO3S. The summed E-state index contributed by atoms with van der Waals surface area (Å²) in [6, 6.07) is 13.9. The molecule has 3 atom stereocenters. The van der Waals surface area contributed by atoms with Crippen molar-refractivity contribution in [2.45, 2.75) is 18.1 Å². The summed E-state index contributed by atoms with van der Waals surface area (Å²) in [6.45, 7) is 0.0379. The molecule has 0 aliphatic carbocycles. The van der Waals surface area contributed by atoms with Gasteiger partial charge in [0.05, 0.1) is 30.8 Å². The van der Waals surface area contributed by atoms with E-state index in [0.29, 0.717) is 21.9 Å². The van der Waals surface area contributed by atoms with Crippen LogP contribution in [0.3, 0.4) is 0 Å². The Labute approximate surface area is 175 Å². The molecule has 28 heavy (non-hydrogen) atoms. The number of ether oxygens (including phenoxy) is 1. The van der Waals surface area contributed by atoms with Crippen molar-refractivity contribution in [1.29, 1.82) is 0 Å². The Morgan fingerprint density at radius 3 is 2.86 bits per heavy atom. The molecule has 0 unspecified atom stereocenters. The van der Waals surface area contributed by atoms with Gasteiger partial charge in [-0.05, 0) is 18.2 Å². The van der Waals surface area contributed by atoms with E-state index in [1.807, 2.05) is 18.2 Å². The van der Waals surface area contributed by atoms with E-state index in [2.05, 4.69) is 15.9 Å². The summed E-state index contributed by atoms with van der Waals surface area (Å²) in [5, 5.41) is 10.4. The van der Waals surface area contributed by atoms with E-state index in [1.54, 1.807) is 24.3 Å². The Morgan fingerprint density at radius 1 is 1.32 bits per heavy atom. The number of hydrogen-bond donors (Lipinski definition) is 1. The summed E-state index contributed by atoms with van der Waals surface area (Å²) in [5.74, 6) is 0.0624. The van der Waals surface area contributed by atoms with Crippen LogP contribution in [-0.2, 0) is 10.3 Å². The molecule has 1 N–H and O–H groups in total. The van der Waals surface area contributed by atoms with E-state index >= 15 is 0 Å². The minimum Gasteiger partial charge on any atom is -0.394 e. The predicted molar refractivity (Wildman–Crippen MR) is 111 cm³/mol. The van der Waals surface area contributed by atoms with Gasteiger partial charge in [0.15, 0.2) is 5.78 Å². The first kappa shape index (κ1) is 19.8. The number of ketones is 1. The van der Waals surface area contributed by atoms with Gasteiger partial charge in [-0.25, -0.2) is 4.39 Å². The topological polar surface area (TPSA) is 58.9 Å². The highest BCUT2D eigenvalue weighted by Crippen LogP contribution is 2.49. The first-order chi connectivity index (χ1) is 13.5. The number of halogens is 2. The zero-order chi connectivity index (χ0) is 19.7. The number of nitrogens with zero attached hydrogens (tertiary/aromatic N) is 1. The third-order valence-electron chi connectivity index (χ3n) is 5.32. The minimum atomic E-state index is -0.932. The number of thioether (sulfide) groups is 1. The Kier molecular flexibility index (Phi) is 5.69. The number of Topliss-reactive ketones (excluding diaryl/α,β-unsaturated/α-hetero) is 1. The molecule has 2 aliphatic rings. The lowest BCUT2D eigenvalue weighted by atomic mass is 9.79. The van der Waals surface area contributed by atoms with Gasteiger partial charge in [0.1, 0.15) is 11.4 Å². The van der Waals surface area contributed by atoms with Crippen molar-refractivity contribution in [2.24, 2.45) is 10.9 Å². The van der Waals surface area contributed by atoms with Gasteiger partial charge < -0.3 is 9.84 Å². The summed E-state index contributed by atoms with van der Waals surface area (Å²) in [7, 11) is 0. The zero-order valence-electron chi connectivity index (χ0n) is 15.0. The maximum absolute atomic E-state index is 14.8. The summed E-state index contributed by atoms with van der Waals surface area (Å²) >= 11 is 4.90. The van der Waals surface area contributed by atoms with Crippen LogP contribution >= 0.6 is 27.7 Å². The van der Waals surface area contributed by atoms with Crippen LogP contribution in [0.15, 0.2) is 58.0 Å². The first-order valence-corrected chi connectivity index (χ1v) is 10.8. The molecule has 2 aromatic rings. The number of fused-ring (bicyclic) bond motifs is 1. The highest BCUT2D eigenvalue weighted by atomic mass is 79.9. The monoisotopic (exact) mass is 463 g/mol. The van der Waals surface area contributed by atoms with Crippen molar-refractivity contribution in [1.82, 2.24) is 0 Å². The van der Waals surface area contributed by atoms with Crippen molar-refractivity contribution in [3.63, 3.8) is 0 Å². The highest BCUT2D eigenvalue weighted by Gasteiger charge is 2.54. The molecule has 0 spiro atoms. The average Bonchev–Trinajstić information content (AvgIpc) is 3.09. The average molecular weight is 464 g/mol. The lowest BCUT2D eigenvalue weighted by Crippen LogP contribution is -2.42. The highest BCUT2D eigenvalue weighted by molar-refractivity contribution is 9.10. The summed E-state index contributed by atoms with van der Waals surface area (Å²) in [4.78, 5) is 17.5. The van der Waals surface area contributed by atoms with Gasteiger partial charge in [-0.1, -0.05) is 46.3 Å². The van der Waals surface area contributed by atoms with Gasteiger partial charge >= 0.3 is 0 Å². The zero-order valence-corrected chi connectivity index (χ0v) is 17.4. The third kappa shape index (κ3) is 3.56. The lowest BCUT2D eigenvalue weighted by molar-refractivity contribution is 0.0436. The molecule has 1 saturated heterocycles. The molecule has 4 nitrogen and oxygen atoms in total. The fraction of sp³-hybridized carbons (Fsp3) is 0.333. The second-order valence-electron chi connectivity index (χ2n) is 6.97. The van der Waals surface area contributed by atoms with E-state index in [9.17, 15) is 14.3 Å². The molecular weight excluding hydrogens is 445 g/mol. The number of rotatable bonds is 5. The van der Waals surface area contributed by atoms with Gasteiger partial charge in [0, 0.05) is 27.3 Å². The van der Waals surface area contributed by atoms with Crippen molar-refractivity contribution >= 4 is 38.5 Å².